The van der Waals surface area contributed by atoms with Gasteiger partial charge in [0, 0.05) is 5.02 Å². The molecule has 1 atom stereocenters. The number of esters is 1. The van der Waals surface area contributed by atoms with Gasteiger partial charge in [0.15, 0.2) is 0 Å². The normalized spacial score (nSPS) is 22.5. The Hall–Kier alpha value is -1.92. The van der Waals surface area contributed by atoms with E-state index in [2.05, 4.69) is 0 Å². The van der Waals surface area contributed by atoms with Gasteiger partial charge in [0.25, 0.3) is 5.91 Å². The van der Waals surface area contributed by atoms with Crippen LogP contribution in [0.15, 0.2) is 24.3 Å². The standard InChI is InChI=1S/C18H21ClN2O4/c1-2-25-18(24)12-6-8-20(9-7-12)15-11-16(22)21(17(15)23)14-5-3-4-13(19)10-14/h3-5,10,12,15H,2,6-9,11H2,1H3/t15-/m0/s1. The van der Waals surface area contributed by atoms with Crippen molar-refractivity contribution in [1.82, 2.24) is 4.90 Å². The van der Waals surface area contributed by atoms with Crippen LogP contribution in [0.5, 0.6) is 0 Å². The fourth-order valence-electron chi connectivity index (χ4n) is 3.49. The number of carbonyl (C=O) groups excluding carboxylic acids is 3. The summed E-state index contributed by atoms with van der Waals surface area (Å²) in [5.74, 6) is -0.726. The van der Waals surface area contributed by atoms with Gasteiger partial charge < -0.3 is 4.74 Å². The molecule has 134 valence electrons. The molecule has 0 aliphatic carbocycles. The number of likely N-dealkylation sites (tertiary alicyclic amines) is 1. The fourth-order valence-corrected chi connectivity index (χ4v) is 3.68. The minimum atomic E-state index is -0.463. The minimum Gasteiger partial charge on any atom is -0.466 e. The topological polar surface area (TPSA) is 66.9 Å². The van der Waals surface area contributed by atoms with Crippen molar-refractivity contribution in [3.05, 3.63) is 29.3 Å². The molecule has 25 heavy (non-hydrogen) atoms. The lowest BCUT2D eigenvalue weighted by Crippen LogP contribution is -2.47. The first kappa shape index (κ1) is 17.9. The van der Waals surface area contributed by atoms with Gasteiger partial charge in [-0.3, -0.25) is 19.3 Å². The van der Waals surface area contributed by atoms with Gasteiger partial charge in [0.05, 0.1) is 30.7 Å². The van der Waals surface area contributed by atoms with Crippen LogP contribution in [0, 0.1) is 5.92 Å². The van der Waals surface area contributed by atoms with Crippen LogP contribution in [0.4, 0.5) is 5.69 Å². The third-order valence-electron chi connectivity index (χ3n) is 4.78. The van der Waals surface area contributed by atoms with Gasteiger partial charge in [0.1, 0.15) is 0 Å². The van der Waals surface area contributed by atoms with E-state index in [1.54, 1.807) is 31.2 Å². The summed E-state index contributed by atoms with van der Waals surface area (Å²) in [5, 5.41) is 0.483. The fraction of sp³-hybridized carbons (Fsp3) is 0.500. The molecule has 0 N–H and O–H groups in total. The molecule has 2 aliphatic rings. The summed E-state index contributed by atoms with van der Waals surface area (Å²) in [5.41, 5.74) is 0.506. The number of anilines is 1. The largest absolute Gasteiger partial charge is 0.466 e. The van der Waals surface area contributed by atoms with Gasteiger partial charge in [-0.15, -0.1) is 0 Å². The zero-order valence-electron chi connectivity index (χ0n) is 14.1. The van der Waals surface area contributed by atoms with Gasteiger partial charge in [-0.05, 0) is 51.1 Å². The van der Waals surface area contributed by atoms with Crippen molar-refractivity contribution in [3.8, 4) is 0 Å². The van der Waals surface area contributed by atoms with Crippen LogP contribution in [-0.2, 0) is 19.1 Å². The van der Waals surface area contributed by atoms with Gasteiger partial charge in [-0.25, -0.2) is 4.90 Å². The molecule has 2 heterocycles. The smallest absolute Gasteiger partial charge is 0.309 e. The Labute approximate surface area is 151 Å². The summed E-state index contributed by atoms with van der Waals surface area (Å²) in [6, 6.07) is 6.28. The Balaban J connectivity index is 1.66. The predicted molar refractivity (Wildman–Crippen MR) is 93.3 cm³/mol. The highest BCUT2D eigenvalue weighted by molar-refractivity contribution is 6.31. The van der Waals surface area contributed by atoms with Crippen LogP contribution in [-0.4, -0.2) is 48.4 Å². The first-order valence-electron chi connectivity index (χ1n) is 8.54. The number of hydrogen-bond acceptors (Lipinski definition) is 5. The third-order valence-corrected chi connectivity index (χ3v) is 5.01. The van der Waals surface area contributed by atoms with E-state index >= 15 is 0 Å². The van der Waals surface area contributed by atoms with Crippen LogP contribution in [0.3, 0.4) is 0 Å². The number of amides is 2. The molecule has 0 saturated carbocycles. The third kappa shape index (κ3) is 3.70. The number of carbonyl (C=O) groups is 3. The highest BCUT2D eigenvalue weighted by atomic mass is 35.5. The Morgan fingerprint density at radius 3 is 2.64 bits per heavy atom. The summed E-state index contributed by atoms with van der Waals surface area (Å²) < 4.78 is 5.07. The van der Waals surface area contributed by atoms with Crippen LogP contribution < -0.4 is 4.90 Å². The summed E-state index contributed by atoms with van der Waals surface area (Å²) >= 11 is 5.97. The molecule has 2 amide bonds. The molecule has 7 heteroatoms. The molecular formula is C18H21ClN2O4. The number of piperidine rings is 1. The molecule has 0 spiro atoms. The molecule has 0 bridgehead atoms. The number of rotatable bonds is 4. The molecule has 1 aromatic carbocycles. The Morgan fingerprint density at radius 2 is 2.00 bits per heavy atom. The van der Waals surface area contributed by atoms with E-state index in [9.17, 15) is 14.4 Å². The molecule has 0 aromatic heterocycles. The summed E-state index contributed by atoms with van der Waals surface area (Å²) in [7, 11) is 0. The number of imide groups is 1. The Kier molecular flexibility index (Phi) is 5.39. The van der Waals surface area contributed by atoms with Crippen molar-refractivity contribution in [2.45, 2.75) is 32.2 Å². The summed E-state index contributed by atoms with van der Waals surface area (Å²) in [6.45, 7) is 3.39. The second-order valence-electron chi connectivity index (χ2n) is 6.33. The second kappa shape index (κ2) is 7.54. The highest BCUT2D eigenvalue weighted by Gasteiger charge is 2.44. The quantitative estimate of drug-likeness (QED) is 0.605. The molecular weight excluding hydrogens is 344 g/mol. The zero-order chi connectivity index (χ0) is 18.0. The van der Waals surface area contributed by atoms with Gasteiger partial charge in [0.2, 0.25) is 5.91 Å². The van der Waals surface area contributed by atoms with Crippen molar-refractivity contribution in [3.63, 3.8) is 0 Å². The van der Waals surface area contributed by atoms with Crippen LogP contribution in [0.1, 0.15) is 26.2 Å². The van der Waals surface area contributed by atoms with E-state index in [1.807, 2.05) is 4.90 Å². The van der Waals surface area contributed by atoms with E-state index in [-0.39, 0.29) is 30.1 Å². The Morgan fingerprint density at radius 1 is 1.28 bits per heavy atom. The van der Waals surface area contributed by atoms with Crippen LogP contribution in [0.25, 0.3) is 0 Å². The second-order valence-corrected chi connectivity index (χ2v) is 6.77. The van der Waals surface area contributed by atoms with Crippen molar-refractivity contribution in [1.29, 1.82) is 0 Å². The van der Waals surface area contributed by atoms with E-state index < -0.39 is 6.04 Å². The summed E-state index contributed by atoms with van der Waals surface area (Å²) in [4.78, 5) is 40.2. The van der Waals surface area contributed by atoms with Crippen molar-refractivity contribution in [2.75, 3.05) is 24.6 Å². The van der Waals surface area contributed by atoms with E-state index in [4.69, 9.17) is 16.3 Å². The molecule has 0 unspecified atom stereocenters. The summed E-state index contributed by atoms with van der Waals surface area (Å²) in [6.07, 6.45) is 1.46. The highest BCUT2D eigenvalue weighted by Crippen LogP contribution is 2.30. The molecule has 2 fully saturated rings. The average Bonchev–Trinajstić information content (AvgIpc) is 2.90. The van der Waals surface area contributed by atoms with Crippen molar-refractivity contribution < 1.29 is 19.1 Å². The molecule has 3 rings (SSSR count). The SMILES string of the molecule is CCOC(=O)C1CCN([C@H]2CC(=O)N(c3cccc(Cl)c3)C2=O)CC1. The van der Waals surface area contributed by atoms with Crippen molar-refractivity contribution >= 4 is 35.1 Å². The molecule has 6 nitrogen and oxygen atoms in total. The van der Waals surface area contributed by atoms with E-state index in [0.717, 1.165) is 0 Å². The average molecular weight is 365 g/mol. The maximum Gasteiger partial charge on any atom is 0.309 e. The molecule has 2 aliphatic heterocycles. The monoisotopic (exact) mass is 364 g/mol. The lowest BCUT2D eigenvalue weighted by atomic mass is 9.95. The van der Waals surface area contributed by atoms with E-state index in [1.165, 1.54) is 4.90 Å². The predicted octanol–water partition coefficient (Wildman–Crippen LogP) is 2.25. The number of hydrogen-bond donors (Lipinski definition) is 0. The van der Waals surface area contributed by atoms with Gasteiger partial charge in [-0.1, -0.05) is 17.7 Å². The number of ether oxygens (including phenoxy) is 1. The zero-order valence-corrected chi connectivity index (χ0v) is 14.9. The lowest BCUT2D eigenvalue weighted by molar-refractivity contribution is -0.149. The van der Waals surface area contributed by atoms with Gasteiger partial charge in [-0.2, -0.15) is 0 Å². The first-order chi connectivity index (χ1) is 12.0. The van der Waals surface area contributed by atoms with Gasteiger partial charge >= 0.3 is 5.97 Å². The number of benzene rings is 1. The van der Waals surface area contributed by atoms with E-state index in [0.29, 0.717) is 43.2 Å². The van der Waals surface area contributed by atoms with Crippen LogP contribution >= 0.6 is 11.6 Å². The Bertz CT molecular complexity index is 685. The maximum absolute atomic E-state index is 12.8. The molecule has 2 saturated heterocycles. The first-order valence-corrected chi connectivity index (χ1v) is 8.92. The molecule has 1 aromatic rings. The number of nitrogens with zero attached hydrogens (tertiary/aromatic N) is 2. The maximum atomic E-state index is 12.8. The number of halogens is 1. The van der Waals surface area contributed by atoms with Crippen molar-refractivity contribution in [2.24, 2.45) is 5.92 Å². The lowest BCUT2D eigenvalue weighted by Gasteiger charge is -2.33. The van der Waals surface area contributed by atoms with Crippen LogP contribution in [0.2, 0.25) is 5.02 Å². The molecule has 0 radical (unpaired) electrons. The minimum absolute atomic E-state index is 0.118.